The van der Waals surface area contributed by atoms with Gasteiger partial charge in [0.25, 0.3) is 5.91 Å². The summed E-state index contributed by atoms with van der Waals surface area (Å²) in [6, 6.07) is 5.82. The van der Waals surface area contributed by atoms with Crippen LogP contribution < -0.4 is 0 Å². The Bertz CT molecular complexity index is 434. The summed E-state index contributed by atoms with van der Waals surface area (Å²) in [6.07, 6.45) is 0. The third-order valence-electron chi connectivity index (χ3n) is 3.69. The summed E-state index contributed by atoms with van der Waals surface area (Å²) in [5.74, 6) is 1.36. The van der Waals surface area contributed by atoms with Gasteiger partial charge in [0, 0.05) is 23.1 Å². The summed E-state index contributed by atoms with van der Waals surface area (Å²) in [5, 5.41) is 0. The molecule has 0 aromatic heterocycles. The number of nitrogens with zero attached hydrogens (tertiary/aromatic N) is 1. The normalized spacial score (nSPS) is 24.1. The number of carbonyl (C=O) groups excluding carboxylic acids is 1. The monoisotopic (exact) mass is 295 g/mol. The number of benzene rings is 1. The number of aryl methyl sites for hydroxylation is 1. The molecule has 2 atom stereocenters. The first-order valence-electron chi connectivity index (χ1n) is 6.04. The van der Waals surface area contributed by atoms with E-state index in [2.05, 4.69) is 29.8 Å². The van der Waals surface area contributed by atoms with E-state index < -0.39 is 0 Å². The van der Waals surface area contributed by atoms with Crippen molar-refractivity contribution in [3.63, 3.8) is 0 Å². The lowest BCUT2D eigenvalue weighted by Crippen LogP contribution is -2.28. The quantitative estimate of drug-likeness (QED) is 0.777. The van der Waals surface area contributed by atoms with Crippen molar-refractivity contribution in [2.75, 3.05) is 13.1 Å². The van der Waals surface area contributed by atoms with Gasteiger partial charge in [0.2, 0.25) is 0 Å². The lowest BCUT2D eigenvalue weighted by atomic mass is 10.0. The maximum Gasteiger partial charge on any atom is 0.253 e. The Morgan fingerprint density at radius 3 is 2.41 bits per heavy atom. The largest absolute Gasteiger partial charge is 0.338 e. The van der Waals surface area contributed by atoms with Crippen LogP contribution in [0.15, 0.2) is 22.7 Å². The van der Waals surface area contributed by atoms with Crippen molar-refractivity contribution in [3.8, 4) is 0 Å². The summed E-state index contributed by atoms with van der Waals surface area (Å²) in [6.45, 7) is 8.21. The maximum absolute atomic E-state index is 12.3. The molecule has 1 fully saturated rings. The van der Waals surface area contributed by atoms with Crippen molar-refractivity contribution in [3.05, 3.63) is 33.8 Å². The van der Waals surface area contributed by atoms with Crippen LogP contribution in [-0.2, 0) is 0 Å². The number of hydrogen-bond acceptors (Lipinski definition) is 1. The van der Waals surface area contributed by atoms with Gasteiger partial charge in [0.15, 0.2) is 0 Å². The van der Waals surface area contributed by atoms with Crippen LogP contribution in [-0.4, -0.2) is 23.9 Å². The highest BCUT2D eigenvalue weighted by atomic mass is 79.9. The van der Waals surface area contributed by atoms with Crippen LogP contribution in [0.25, 0.3) is 0 Å². The minimum Gasteiger partial charge on any atom is -0.338 e. The van der Waals surface area contributed by atoms with Crippen molar-refractivity contribution in [2.24, 2.45) is 11.8 Å². The smallest absolute Gasteiger partial charge is 0.253 e. The van der Waals surface area contributed by atoms with Gasteiger partial charge in [-0.15, -0.1) is 0 Å². The van der Waals surface area contributed by atoms with Crippen molar-refractivity contribution in [1.29, 1.82) is 0 Å². The van der Waals surface area contributed by atoms with E-state index in [9.17, 15) is 4.79 Å². The van der Waals surface area contributed by atoms with Gasteiger partial charge in [-0.05, 0) is 36.5 Å². The van der Waals surface area contributed by atoms with Crippen LogP contribution in [0.4, 0.5) is 0 Å². The third kappa shape index (κ3) is 2.54. The van der Waals surface area contributed by atoms with Gasteiger partial charge in [-0.2, -0.15) is 0 Å². The first kappa shape index (κ1) is 12.6. The van der Waals surface area contributed by atoms with Crippen LogP contribution in [0.5, 0.6) is 0 Å². The molecule has 1 aromatic carbocycles. The number of halogens is 1. The van der Waals surface area contributed by atoms with Crippen molar-refractivity contribution in [2.45, 2.75) is 20.8 Å². The zero-order valence-electron chi connectivity index (χ0n) is 10.5. The molecule has 2 unspecified atom stereocenters. The van der Waals surface area contributed by atoms with E-state index in [1.807, 2.05) is 30.0 Å². The Kier molecular flexibility index (Phi) is 3.57. The molecular weight excluding hydrogens is 278 g/mol. The minimum atomic E-state index is 0.155. The highest BCUT2D eigenvalue weighted by molar-refractivity contribution is 9.10. The molecule has 17 heavy (non-hydrogen) atoms. The van der Waals surface area contributed by atoms with Gasteiger partial charge in [-0.3, -0.25) is 4.79 Å². The summed E-state index contributed by atoms with van der Waals surface area (Å²) in [5.41, 5.74) is 1.94. The number of carbonyl (C=O) groups is 1. The Morgan fingerprint density at radius 2 is 1.88 bits per heavy atom. The van der Waals surface area contributed by atoms with Gasteiger partial charge in [0.05, 0.1) is 0 Å². The van der Waals surface area contributed by atoms with Crippen LogP contribution in [0, 0.1) is 18.8 Å². The van der Waals surface area contributed by atoms with E-state index in [1.54, 1.807) is 0 Å². The van der Waals surface area contributed by atoms with E-state index >= 15 is 0 Å². The molecule has 1 aliphatic heterocycles. The van der Waals surface area contributed by atoms with E-state index in [-0.39, 0.29) is 5.91 Å². The summed E-state index contributed by atoms with van der Waals surface area (Å²) in [7, 11) is 0. The topological polar surface area (TPSA) is 20.3 Å². The fraction of sp³-hybridized carbons (Fsp3) is 0.500. The van der Waals surface area contributed by atoms with Crippen molar-refractivity contribution < 1.29 is 4.79 Å². The van der Waals surface area contributed by atoms with Crippen LogP contribution in [0.2, 0.25) is 0 Å². The molecule has 3 heteroatoms. The molecule has 0 spiro atoms. The highest BCUT2D eigenvalue weighted by Gasteiger charge is 2.29. The highest BCUT2D eigenvalue weighted by Crippen LogP contribution is 2.25. The summed E-state index contributed by atoms with van der Waals surface area (Å²) < 4.78 is 1.00. The predicted molar refractivity (Wildman–Crippen MR) is 73.1 cm³/mol. The molecule has 2 nitrogen and oxygen atoms in total. The van der Waals surface area contributed by atoms with Crippen molar-refractivity contribution in [1.82, 2.24) is 4.90 Å². The molecule has 1 aliphatic rings. The fourth-order valence-electron chi connectivity index (χ4n) is 2.20. The molecule has 1 heterocycles. The van der Waals surface area contributed by atoms with Gasteiger partial charge < -0.3 is 4.90 Å². The molecule has 1 aromatic rings. The zero-order chi connectivity index (χ0) is 12.6. The van der Waals surface area contributed by atoms with Gasteiger partial charge >= 0.3 is 0 Å². The van der Waals surface area contributed by atoms with Crippen molar-refractivity contribution >= 4 is 21.8 Å². The van der Waals surface area contributed by atoms with Crippen LogP contribution in [0.1, 0.15) is 29.8 Å². The number of rotatable bonds is 1. The summed E-state index contributed by atoms with van der Waals surface area (Å²) in [4.78, 5) is 14.3. The maximum atomic E-state index is 12.3. The van der Waals surface area contributed by atoms with Crippen LogP contribution in [0.3, 0.4) is 0 Å². The molecule has 2 rings (SSSR count). The molecular formula is C14H18BrNO. The first-order chi connectivity index (χ1) is 7.99. The zero-order valence-corrected chi connectivity index (χ0v) is 12.1. The Hall–Kier alpha value is -0.830. The standard InChI is InChI=1S/C14H18BrNO/c1-9-4-5-12(6-13(9)15)14(17)16-7-10(2)11(3)8-16/h4-6,10-11H,7-8H2,1-3H3. The second-order valence-electron chi connectivity index (χ2n) is 5.13. The number of amides is 1. The molecule has 0 radical (unpaired) electrons. The molecule has 0 bridgehead atoms. The average molecular weight is 296 g/mol. The minimum absolute atomic E-state index is 0.155. The number of likely N-dealkylation sites (tertiary alicyclic amines) is 1. The van der Waals surface area contributed by atoms with E-state index in [0.29, 0.717) is 11.8 Å². The van der Waals surface area contributed by atoms with Gasteiger partial charge in [-0.1, -0.05) is 35.8 Å². The fourth-order valence-corrected chi connectivity index (χ4v) is 2.58. The first-order valence-corrected chi connectivity index (χ1v) is 6.83. The summed E-state index contributed by atoms with van der Waals surface area (Å²) >= 11 is 3.48. The van der Waals surface area contributed by atoms with Crippen LogP contribution >= 0.6 is 15.9 Å². The Labute approximate surface area is 111 Å². The number of hydrogen-bond donors (Lipinski definition) is 0. The Morgan fingerprint density at radius 1 is 1.29 bits per heavy atom. The second kappa shape index (κ2) is 4.81. The van der Waals surface area contributed by atoms with E-state index in [0.717, 1.165) is 28.7 Å². The predicted octanol–water partition coefficient (Wildman–Crippen LogP) is 3.49. The average Bonchev–Trinajstić information content (AvgIpc) is 2.62. The molecule has 1 saturated heterocycles. The van der Waals surface area contributed by atoms with Gasteiger partial charge in [0.1, 0.15) is 0 Å². The molecule has 1 amide bonds. The second-order valence-corrected chi connectivity index (χ2v) is 5.98. The molecule has 0 saturated carbocycles. The molecule has 0 aliphatic carbocycles. The molecule has 0 N–H and O–H groups in total. The van der Waals surface area contributed by atoms with E-state index in [1.165, 1.54) is 0 Å². The molecule has 92 valence electrons. The SMILES string of the molecule is Cc1ccc(C(=O)N2CC(C)C(C)C2)cc1Br. The van der Waals surface area contributed by atoms with E-state index in [4.69, 9.17) is 0 Å². The Balaban J connectivity index is 2.17. The lowest BCUT2D eigenvalue weighted by molar-refractivity contribution is 0.0785. The third-order valence-corrected chi connectivity index (χ3v) is 4.55. The van der Waals surface area contributed by atoms with Gasteiger partial charge in [-0.25, -0.2) is 0 Å². The lowest BCUT2D eigenvalue weighted by Gasteiger charge is -2.16.